The fraction of sp³-hybridized carbons (Fsp3) is 0. The van der Waals surface area contributed by atoms with E-state index in [0.717, 1.165) is 66.8 Å². The number of oxazole rings is 1. The van der Waals surface area contributed by atoms with Gasteiger partial charge in [0, 0.05) is 28.0 Å². The predicted octanol–water partition coefficient (Wildman–Crippen LogP) is 13.9. The Kier molecular flexibility index (Phi) is 7.43. The first-order valence-electron chi connectivity index (χ1n) is 17.8. The standard InChI is InChI=1S/C49H32N2O2/c1-4-10-33(11-5-1)35-16-23-40(24-17-35)51(41-25-18-36(19-26-41)34-12-6-2-7-13-34)42-27-20-37(21-28-42)39-22-30-45-43(32-39)47-46(52-45)31-29-44-48(47)53-49(50-44)38-14-8-3-9-15-38/h1-32H. The second kappa shape index (κ2) is 12.9. The van der Waals surface area contributed by atoms with Crippen molar-refractivity contribution in [3.8, 4) is 44.8 Å². The lowest BCUT2D eigenvalue weighted by atomic mass is 10.0. The van der Waals surface area contributed by atoms with Crippen molar-refractivity contribution in [3.05, 3.63) is 194 Å². The number of hydrogen-bond donors (Lipinski definition) is 0. The van der Waals surface area contributed by atoms with Gasteiger partial charge in [-0.2, -0.15) is 0 Å². The summed E-state index contributed by atoms with van der Waals surface area (Å²) in [4.78, 5) is 7.11. The van der Waals surface area contributed by atoms with Crippen LogP contribution in [0.2, 0.25) is 0 Å². The highest BCUT2D eigenvalue weighted by molar-refractivity contribution is 6.17. The van der Waals surface area contributed by atoms with Crippen molar-refractivity contribution in [2.75, 3.05) is 4.90 Å². The van der Waals surface area contributed by atoms with Gasteiger partial charge in [-0.15, -0.1) is 0 Å². The van der Waals surface area contributed by atoms with Gasteiger partial charge in [0.15, 0.2) is 5.58 Å². The Balaban J connectivity index is 1.03. The molecule has 0 fully saturated rings. The van der Waals surface area contributed by atoms with E-state index in [-0.39, 0.29) is 0 Å². The van der Waals surface area contributed by atoms with Crippen molar-refractivity contribution in [3.63, 3.8) is 0 Å². The van der Waals surface area contributed by atoms with Crippen LogP contribution in [-0.4, -0.2) is 4.98 Å². The minimum Gasteiger partial charge on any atom is -0.456 e. The van der Waals surface area contributed by atoms with Crippen LogP contribution < -0.4 is 4.90 Å². The van der Waals surface area contributed by atoms with E-state index in [1.165, 1.54) is 22.3 Å². The number of fused-ring (bicyclic) bond motifs is 5. The molecule has 0 unspecified atom stereocenters. The first kappa shape index (κ1) is 30.6. The summed E-state index contributed by atoms with van der Waals surface area (Å²) in [6.07, 6.45) is 0. The zero-order chi connectivity index (χ0) is 35.1. The lowest BCUT2D eigenvalue weighted by Crippen LogP contribution is -2.09. The number of rotatable bonds is 7. The largest absolute Gasteiger partial charge is 0.456 e. The Morgan fingerprint density at radius 3 is 1.32 bits per heavy atom. The second-order valence-corrected chi connectivity index (χ2v) is 13.2. The van der Waals surface area contributed by atoms with Crippen molar-refractivity contribution in [1.82, 2.24) is 4.98 Å². The maximum atomic E-state index is 6.39. The van der Waals surface area contributed by atoms with E-state index in [2.05, 4.69) is 150 Å². The molecule has 53 heavy (non-hydrogen) atoms. The summed E-state index contributed by atoms with van der Waals surface area (Å²) in [6, 6.07) is 67.7. The number of nitrogens with zero attached hydrogens (tertiary/aromatic N) is 2. The summed E-state index contributed by atoms with van der Waals surface area (Å²) in [5.41, 5.74) is 14.3. The summed E-state index contributed by atoms with van der Waals surface area (Å²) in [7, 11) is 0. The Morgan fingerprint density at radius 2 is 0.792 bits per heavy atom. The number of benzene rings is 8. The van der Waals surface area contributed by atoms with E-state index in [1.54, 1.807) is 0 Å². The molecule has 4 heteroatoms. The summed E-state index contributed by atoms with van der Waals surface area (Å²) >= 11 is 0. The molecule has 0 aliphatic rings. The molecule has 0 saturated heterocycles. The van der Waals surface area contributed by atoms with E-state index in [1.807, 2.05) is 48.5 Å². The molecular formula is C49H32N2O2. The molecule has 0 aliphatic heterocycles. The molecule has 0 amide bonds. The topological polar surface area (TPSA) is 42.4 Å². The van der Waals surface area contributed by atoms with E-state index in [4.69, 9.17) is 13.8 Å². The van der Waals surface area contributed by atoms with Crippen LogP contribution in [-0.2, 0) is 0 Å². The van der Waals surface area contributed by atoms with Crippen molar-refractivity contribution >= 4 is 50.1 Å². The highest BCUT2D eigenvalue weighted by atomic mass is 16.4. The number of furan rings is 1. The van der Waals surface area contributed by atoms with Crippen molar-refractivity contribution in [2.24, 2.45) is 0 Å². The SMILES string of the molecule is c1ccc(-c2ccc(N(c3ccc(-c4ccccc4)cc3)c3ccc(-c4ccc5oc6ccc7nc(-c8ccccc8)oc7c6c5c4)cc3)cc2)cc1. The smallest absolute Gasteiger partial charge is 0.227 e. The molecular weight excluding hydrogens is 649 g/mol. The number of hydrogen-bond acceptors (Lipinski definition) is 4. The minimum absolute atomic E-state index is 0.600. The van der Waals surface area contributed by atoms with Crippen molar-refractivity contribution in [1.29, 1.82) is 0 Å². The lowest BCUT2D eigenvalue weighted by Gasteiger charge is -2.26. The highest BCUT2D eigenvalue weighted by Crippen LogP contribution is 2.40. The molecule has 0 atom stereocenters. The van der Waals surface area contributed by atoms with E-state index in [9.17, 15) is 0 Å². The second-order valence-electron chi connectivity index (χ2n) is 13.2. The summed E-state index contributed by atoms with van der Waals surface area (Å²) in [5.74, 6) is 0.600. The van der Waals surface area contributed by atoms with Crippen LogP contribution in [0, 0.1) is 0 Å². The van der Waals surface area contributed by atoms with Gasteiger partial charge in [-0.3, -0.25) is 0 Å². The maximum Gasteiger partial charge on any atom is 0.227 e. The molecule has 0 aliphatic carbocycles. The minimum atomic E-state index is 0.600. The molecule has 4 nitrogen and oxygen atoms in total. The Hall–Kier alpha value is -7.17. The summed E-state index contributed by atoms with van der Waals surface area (Å²) < 4.78 is 12.7. The molecule has 8 aromatic carbocycles. The van der Waals surface area contributed by atoms with E-state index < -0.39 is 0 Å². The third-order valence-corrected chi connectivity index (χ3v) is 9.93. The van der Waals surface area contributed by atoms with Crippen LogP contribution in [0.1, 0.15) is 0 Å². The fourth-order valence-corrected chi connectivity index (χ4v) is 7.25. The molecule has 0 N–H and O–H groups in total. The van der Waals surface area contributed by atoms with Gasteiger partial charge in [0.05, 0.1) is 5.39 Å². The Bertz CT molecular complexity index is 2760. The summed E-state index contributed by atoms with van der Waals surface area (Å²) in [6.45, 7) is 0. The van der Waals surface area contributed by atoms with Crippen LogP contribution in [0.5, 0.6) is 0 Å². The molecule has 10 rings (SSSR count). The Labute approximate surface area is 306 Å². The molecule has 0 saturated carbocycles. The van der Waals surface area contributed by atoms with Crippen LogP contribution in [0.3, 0.4) is 0 Å². The fourth-order valence-electron chi connectivity index (χ4n) is 7.25. The molecule has 250 valence electrons. The quantitative estimate of drug-likeness (QED) is 0.168. The number of aromatic nitrogens is 1. The van der Waals surface area contributed by atoms with Crippen molar-refractivity contribution < 1.29 is 8.83 Å². The molecule has 2 aromatic heterocycles. The average molecular weight is 681 g/mol. The third kappa shape index (κ3) is 5.63. The molecule has 0 radical (unpaired) electrons. The molecule has 0 spiro atoms. The zero-order valence-corrected chi connectivity index (χ0v) is 28.7. The van der Waals surface area contributed by atoms with Crippen LogP contribution in [0.25, 0.3) is 77.9 Å². The van der Waals surface area contributed by atoms with Gasteiger partial charge in [-0.05, 0) is 106 Å². The molecule has 2 heterocycles. The van der Waals surface area contributed by atoms with Crippen LogP contribution in [0.4, 0.5) is 17.1 Å². The lowest BCUT2D eigenvalue weighted by molar-refractivity contribution is 0.622. The van der Waals surface area contributed by atoms with Gasteiger partial charge in [0.1, 0.15) is 16.7 Å². The van der Waals surface area contributed by atoms with E-state index >= 15 is 0 Å². The van der Waals surface area contributed by atoms with Crippen LogP contribution >= 0.6 is 0 Å². The third-order valence-electron chi connectivity index (χ3n) is 9.93. The van der Waals surface area contributed by atoms with Gasteiger partial charge in [0.2, 0.25) is 5.89 Å². The van der Waals surface area contributed by atoms with Gasteiger partial charge in [0.25, 0.3) is 0 Å². The number of anilines is 3. The van der Waals surface area contributed by atoms with E-state index in [0.29, 0.717) is 5.89 Å². The van der Waals surface area contributed by atoms with Gasteiger partial charge in [-0.1, -0.05) is 121 Å². The maximum absolute atomic E-state index is 6.39. The average Bonchev–Trinajstić information content (AvgIpc) is 3.84. The van der Waals surface area contributed by atoms with Crippen LogP contribution in [0.15, 0.2) is 203 Å². The normalized spacial score (nSPS) is 11.4. The summed E-state index contributed by atoms with van der Waals surface area (Å²) in [5, 5.41) is 1.94. The van der Waals surface area contributed by atoms with Gasteiger partial charge < -0.3 is 13.7 Å². The molecule has 0 bridgehead atoms. The first-order chi connectivity index (χ1) is 26.2. The van der Waals surface area contributed by atoms with Gasteiger partial charge in [-0.25, -0.2) is 4.98 Å². The van der Waals surface area contributed by atoms with Gasteiger partial charge >= 0.3 is 0 Å². The predicted molar refractivity (Wildman–Crippen MR) is 218 cm³/mol. The van der Waals surface area contributed by atoms with Crippen molar-refractivity contribution in [2.45, 2.75) is 0 Å². The Morgan fingerprint density at radius 1 is 0.358 bits per heavy atom. The first-order valence-corrected chi connectivity index (χ1v) is 17.8. The highest BCUT2D eigenvalue weighted by Gasteiger charge is 2.18. The zero-order valence-electron chi connectivity index (χ0n) is 28.7. The monoisotopic (exact) mass is 680 g/mol. The molecule has 10 aromatic rings.